The summed E-state index contributed by atoms with van der Waals surface area (Å²) in [6, 6.07) is 5.00. The molecule has 15 heteroatoms. The molecule has 0 aliphatic heterocycles. The minimum atomic E-state index is -5.08. The van der Waals surface area contributed by atoms with Crippen LogP contribution in [0.4, 0.5) is 19.0 Å². The maximum atomic E-state index is 12.0. The summed E-state index contributed by atoms with van der Waals surface area (Å²) in [5.41, 5.74) is 10.0. The van der Waals surface area contributed by atoms with Gasteiger partial charge in [0.25, 0.3) is 0 Å². The van der Waals surface area contributed by atoms with Crippen LogP contribution in [0.25, 0.3) is 28.3 Å². The third-order valence-corrected chi connectivity index (χ3v) is 5.86. The number of hydrogen-bond donors (Lipinski definition) is 3. The summed E-state index contributed by atoms with van der Waals surface area (Å²) in [5.74, 6) is -1.99. The van der Waals surface area contributed by atoms with Gasteiger partial charge in [-0.2, -0.15) is 18.3 Å². The zero-order chi connectivity index (χ0) is 26.1. The summed E-state index contributed by atoms with van der Waals surface area (Å²) < 4.78 is 62.8. The smallest absolute Gasteiger partial charge is 0.490 e. The van der Waals surface area contributed by atoms with Crippen molar-refractivity contribution in [1.29, 1.82) is 0 Å². The van der Waals surface area contributed by atoms with Crippen molar-refractivity contribution in [1.82, 2.24) is 24.6 Å². The fourth-order valence-corrected chi connectivity index (χ4v) is 3.70. The average Bonchev–Trinajstić information content (AvgIpc) is 3.40. The van der Waals surface area contributed by atoms with Crippen LogP contribution < -0.4 is 10.5 Å². The number of halogens is 3. The molecular weight excluding hydrogens is 493 g/mol. The number of aryl methyl sites for hydroxylation is 1. The second-order valence-corrected chi connectivity index (χ2v) is 9.23. The number of aromatic amines is 1. The van der Waals surface area contributed by atoms with Crippen LogP contribution in [0.1, 0.15) is 5.56 Å². The summed E-state index contributed by atoms with van der Waals surface area (Å²) in [6.45, 7) is 1.91. The number of ether oxygens (including phenoxy) is 1. The van der Waals surface area contributed by atoms with E-state index in [9.17, 15) is 21.6 Å². The van der Waals surface area contributed by atoms with Gasteiger partial charge in [-0.05, 0) is 24.6 Å². The first-order valence-corrected chi connectivity index (χ1v) is 11.5. The SMILES string of the molecule is COc1cn[nH]c1-c1cn2c(-c3cc(S(C)(=O)=O)ccc3C)cnc2c(N)n1.O=C(O)C(F)(F)F. The second-order valence-electron chi connectivity index (χ2n) is 7.21. The number of carbonyl (C=O) groups is 1. The molecule has 0 aliphatic carbocycles. The number of anilines is 1. The molecule has 35 heavy (non-hydrogen) atoms. The minimum absolute atomic E-state index is 0.234. The largest absolute Gasteiger partial charge is 0.493 e. The molecule has 0 spiro atoms. The molecule has 0 fully saturated rings. The van der Waals surface area contributed by atoms with E-state index in [0.29, 0.717) is 28.5 Å². The molecule has 0 radical (unpaired) electrons. The highest BCUT2D eigenvalue weighted by atomic mass is 32.2. The monoisotopic (exact) mass is 512 g/mol. The van der Waals surface area contributed by atoms with Crippen molar-refractivity contribution < 1.29 is 36.2 Å². The van der Waals surface area contributed by atoms with Crippen LogP contribution in [0.15, 0.2) is 41.7 Å². The number of nitrogens with zero attached hydrogens (tertiary/aromatic N) is 4. The molecule has 4 aromatic rings. The lowest BCUT2D eigenvalue weighted by Crippen LogP contribution is -2.21. The number of H-pyrrole nitrogens is 1. The summed E-state index contributed by atoms with van der Waals surface area (Å²) in [6.07, 6.45) is 1.05. The van der Waals surface area contributed by atoms with Gasteiger partial charge in [0, 0.05) is 18.0 Å². The van der Waals surface area contributed by atoms with Gasteiger partial charge < -0.3 is 15.6 Å². The first kappa shape index (κ1) is 25.5. The molecule has 0 bridgehead atoms. The maximum Gasteiger partial charge on any atom is 0.490 e. The number of rotatable bonds is 4. The zero-order valence-electron chi connectivity index (χ0n) is 18.5. The molecule has 4 N–H and O–H groups in total. The molecule has 0 amide bonds. The van der Waals surface area contributed by atoms with Crippen LogP contribution in [-0.2, 0) is 14.6 Å². The third-order valence-electron chi connectivity index (χ3n) is 4.75. The quantitative estimate of drug-likeness (QED) is 0.373. The van der Waals surface area contributed by atoms with E-state index >= 15 is 0 Å². The van der Waals surface area contributed by atoms with E-state index in [1.807, 2.05) is 6.92 Å². The van der Waals surface area contributed by atoms with E-state index < -0.39 is 22.0 Å². The van der Waals surface area contributed by atoms with Gasteiger partial charge >= 0.3 is 12.1 Å². The summed E-state index contributed by atoms with van der Waals surface area (Å²) >= 11 is 0. The van der Waals surface area contributed by atoms with E-state index in [-0.39, 0.29) is 10.7 Å². The van der Waals surface area contributed by atoms with Crippen LogP contribution in [0, 0.1) is 6.92 Å². The molecule has 0 aliphatic rings. The molecule has 1 aromatic carbocycles. The van der Waals surface area contributed by atoms with E-state index in [0.717, 1.165) is 11.1 Å². The van der Waals surface area contributed by atoms with Crippen LogP contribution in [0.5, 0.6) is 5.75 Å². The van der Waals surface area contributed by atoms with Crippen LogP contribution in [-0.4, -0.2) is 63.6 Å². The number of nitrogen functional groups attached to an aromatic ring is 1. The Kier molecular flexibility index (Phi) is 6.73. The Morgan fingerprint density at radius 3 is 2.49 bits per heavy atom. The number of sulfone groups is 1. The average molecular weight is 512 g/mol. The zero-order valence-corrected chi connectivity index (χ0v) is 19.3. The minimum Gasteiger partial charge on any atom is -0.493 e. The molecule has 0 atom stereocenters. The Labute approximate surface area is 196 Å². The lowest BCUT2D eigenvalue weighted by Gasteiger charge is -2.10. The van der Waals surface area contributed by atoms with E-state index in [1.54, 1.807) is 48.3 Å². The van der Waals surface area contributed by atoms with Crippen molar-refractivity contribution in [3.8, 4) is 28.4 Å². The van der Waals surface area contributed by atoms with Gasteiger partial charge in [-0.25, -0.2) is 23.2 Å². The number of carboxylic acids is 1. The van der Waals surface area contributed by atoms with Crippen molar-refractivity contribution in [3.05, 3.63) is 42.4 Å². The van der Waals surface area contributed by atoms with Gasteiger partial charge in [-0.3, -0.25) is 9.50 Å². The molecule has 0 saturated carbocycles. The predicted molar refractivity (Wildman–Crippen MR) is 119 cm³/mol. The van der Waals surface area contributed by atoms with E-state index in [2.05, 4.69) is 20.2 Å². The Morgan fingerprint density at radius 2 is 1.91 bits per heavy atom. The van der Waals surface area contributed by atoms with Gasteiger partial charge in [0.05, 0.1) is 30.1 Å². The lowest BCUT2D eigenvalue weighted by molar-refractivity contribution is -0.192. The number of carboxylic acid groups (broad SMARTS) is 1. The van der Waals surface area contributed by atoms with Crippen molar-refractivity contribution in [2.45, 2.75) is 18.0 Å². The fourth-order valence-electron chi connectivity index (χ4n) is 3.05. The number of aliphatic carboxylic acids is 1. The van der Waals surface area contributed by atoms with Crippen LogP contribution in [0.2, 0.25) is 0 Å². The van der Waals surface area contributed by atoms with Gasteiger partial charge in [-0.1, -0.05) is 6.07 Å². The van der Waals surface area contributed by atoms with Gasteiger partial charge in [-0.15, -0.1) is 0 Å². The van der Waals surface area contributed by atoms with E-state index in [4.69, 9.17) is 20.4 Å². The number of hydrogen-bond acceptors (Lipinski definition) is 8. The number of aromatic nitrogens is 5. The first-order chi connectivity index (χ1) is 16.2. The number of fused-ring (bicyclic) bond motifs is 1. The third kappa shape index (κ3) is 5.34. The number of nitrogens with one attached hydrogen (secondary N) is 1. The molecule has 4 rings (SSSR count). The topological polar surface area (TPSA) is 166 Å². The number of nitrogens with two attached hydrogens (primary N) is 1. The molecule has 0 unspecified atom stereocenters. The lowest BCUT2D eigenvalue weighted by atomic mass is 10.1. The fraction of sp³-hybridized carbons (Fsp3) is 0.200. The van der Waals surface area contributed by atoms with E-state index in [1.165, 1.54) is 6.26 Å². The predicted octanol–water partition coefficient (Wildman–Crippen LogP) is 2.72. The Hall–Kier alpha value is -4.14. The van der Waals surface area contributed by atoms with Crippen molar-refractivity contribution in [2.75, 3.05) is 19.1 Å². The highest BCUT2D eigenvalue weighted by Gasteiger charge is 2.38. The summed E-state index contributed by atoms with van der Waals surface area (Å²) in [5, 5.41) is 14.0. The summed E-state index contributed by atoms with van der Waals surface area (Å²) in [4.78, 5) is 17.9. The highest BCUT2D eigenvalue weighted by Crippen LogP contribution is 2.31. The number of benzene rings is 1. The molecule has 3 heterocycles. The summed E-state index contributed by atoms with van der Waals surface area (Å²) in [7, 11) is -1.80. The normalized spacial score (nSPS) is 11.7. The first-order valence-electron chi connectivity index (χ1n) is 9.56. The molecular formula is C20H19F3N6O5S. The Balaban J connectivity index is 0.000000429. The Bertz CT molecular complexity index is 1510. The standard InChI is InChI=1S/C18H18N6O3S.C2HF3O2/c1-10-4-5-11(28(3,25)26)6-12(10)14-7-20-18-17(19)22-13(9-24(14)18)16-15(27-2)8-21-23-16;3-2(4,5)1(6)7/h4-9H,1-3H3,(H2,19,22)(H,21,23);(H,6,7). The Morgan fingerprint density at radius 1 is 1.26 bits per heavy atom. The second kappa shape index (κ2) is 9.25. The van der Waals surface area contributed by atoms with Gasteiger partial charge in [0.15, 0.2) is 27.1 Å². The molecule has 11 nitrogen and oxygen atoms in total. The van der Waals surface area contributed by atoms with Crippen LogP contribution >= 0.6 is 0 Å². The van der Waals surface area contributed by atoms with Crippen LogP contribution in [0.3, 0.4) is 0 Å². The molecule has 0 saturated heterocycles. The van der Waals surface area contributed by atoms with Gasteiger partial charge in [0.2, 0.25) is 0 Å². The van der Waals surface area contributed by atoms with Gasteiger partial charge in [0.1, 0.15) is 11.4 Å². The van der Waals surface area contributed by atoms with Crippen molar-refractivity contribution in [2.24, 2.45) is 0 Å². The molecule has 186 valence electrons. The molecule has 3 aromatic heterocycles. The van der Waals surface area contributed by atoms with Crippen molar-refractivity contribution >= 4 is 27.3 Å². The number of methoxy groups -OCH3 is 1. The van der Waals surface area contributed by atoms with Crippen molar-refractivity contribution in [3.63, 3.8) is 0 Å². The number of alkyl halides is 3. The maximum absolute atomic E-state index is 12.0. The number of imidazole rings is 1. The highest BCUT2D eigenvalue weighted by molar-refractivity contribution is 7.90.